The normalized spacial score (nSPS) is 48.0. The summed E-state index contributed by atoms with van der Waals surface area (Å²) < 4.78 is 13.9. The molecule has 0 spiro atoms. The van der Waals surface area contributed by atoms with Gasteiger partial charge in [-0.25, -0.2) is 0 Å². The molecule has 22 atom stereocenters. The molecule has 8 saturated carbocycles. The van der Waals surface area contributed by atoms with Crippen molar-refractivity contribution >= 4 is 0 Å². The van der Waals surface area contributed by atoms with Gasteiger partial charge in [-0.15, -0.1) is 0 Å². The Morgan fingerprint density at radius 3 is 1.32 bits per heavy atom. The van der Waals surface area contributed by atoms with Crippen molar-refractivity contribution in [2.24, 2.45) is 127 Å². The summed E-state index contributed by atoms with van der Waals surface area (Å²) in [6.45, 7) is 29.2. The van der Waals surface area contributed by atoms with Crippen LogP contribution in [0.15, 0.2) is 10.2 Å². The number of azide groups is 2. The summed E-state index contributed by atoms with van der Waals surface area (Å²) in [6.07, 6.45) is 30.1. The average Bonchev–Trinajstić information content (AvgIpc) is 3.84. The number of fused-ring (bicyclic) bond motifs is 10. The minimum Gasteiger partial charge on any atom is -0.378 e. The quantitative estimate of drug-likeness (QED) is 0.0555. The SMILES string of the molecule is C[C@@H]1CC[C@@]2(C)C(CC(OCCCN=[N+]=[N-])C3[C@@H]4CC[C@H]([C@H](C)CCCCCC[C@@H](C)[C@H]5CC[C@H]6C7C(OCCCN=[N+]=[N-])CC8C[C@H](C)CC[C@]8(C)[C@H]7C[C@H](C)[C@]56C)[C@@]4(C)[C@@H](C)C[C@@H]32)C1. The van der Waals surface area contributed by atoms with E-state index in [0.29, 0.717) is 58.8 Å². The molecule has 8 fully saturated rings. The molecular formula is C58H100N6O2. The maximum absolute atomic E-state index is 8.88. The highest BCUT2D eigenvalue weighted by Crippen LogP contribution is 2.72. The van der Waals surface area contributed by atoms with Gasteiger partial charge >= 0.3 is 0 Å². The number of nitrogens with zero attached hydrogens (tertiary/aromatic N) is 6. The van der Waals surface area contributed by atoms with E-state index in [0.717, 1.165) is 109 Å². The fourth-order valence-electron chi connectivity index (χ4n) is 20.3. The first-order chi connectivity index (χ1) is 31.6. The Morgan fingerprint density at radius 2 is 0.924 bits per heavy atom. The molecule has 8 aliphatic carbocycles. The maximum atomic E-state index is 8.88. The minimum absolute atomic E-state index is 0.371. The predicted molar refractivity (Wildman–Crippen MR) is 271 cm³/mol. The topological polar surface area (TPSA) is 116 Å². The molecule has 0 amide bonds. The molecule has 0 aromatic heterocycles. The zero-order valence-corrected chi connectivity index (χ0v) is 44.3. The molecule has 374 valence electrons. The predicted octanol–water partition coefficient (Wildman–Crippen LogP) is 17.1. The molecule has 0 radical (unpaired) electrons. The summed E-state index contributed by atoms with van der Waals surface area (Å²) in [5, 5.41) is 7.67. The van der Waals surface area contributed by atoms with Crippen molar-refractivity contribution in [3.05, 3.63) is 20.9 Å². The molecule has 0 heterocycles. The summed E-state index contributed by atoms with van der Waals surface area (Å²) in [4.78, 5) is 6.02. The fourth-order valence-corrected chi connectivity index (χ4v) is 20.3. The monoisotopic (exact) mass is 913 g/mol. The van der Waals surface area contributed by atoms with Crippen LogP contribution in [0.2, 0.25) is 0 Å². The smallest absolute Gasteiger partial charge is 0.0611 e. The molecule has 66 heavy (non-hydrogen) atoms. The molecule has 0 bridgehead atoms. The van der Waals surface area contributed by atoms with Crippen LogP contribution in [0.4, 0.5) is 0 Å². The van der Waals surface area contributed by atoms with E-state index >= 15 is 0 Å². The Bertz CT molecular complexity index is 1590. The average molecular weight is 913 g/mol. The molecule has 8 aliphatic rings. The standard InChI is InChI=1S/C58H100N6O2/c1-37-23-25-55(7)43(31-37)35-51(65-29-15-27-61-63-59)53-47-21-19-45(57(47,9)41(5)33-49(53)55)39(3)17-13-11-12-14-18-40(4)46-20-22-48-54-50(34-42(6)58(46,48)10)56(8)26-24-38(2)32-44(56)36-52(54)66-30-16-28-62-64-60/h37-54H,11-36H2,1-10H3/t37-,38-,39-,40-,41+,42+,43?,44?,45-,46-,47+,48+,49+,50+,51?,52?,53?,54?,55+,56+,57-,58-/m1/s1. The second kappa shape index (κ2) is 21.1. The van der Waals surface area contributed by atoms with Crippen LogP contribution in [0.5, 0.6) is 0 Å². The lowest BCUT2D eigenvalue weighted by Gasteiger charge is -2.65. The van der Waals surface area contributed by atoms with E-state index < -0.39 is 0 Å². The summed E-state index contributed by atoms with van der Waals surface area (Å²) >= 11 is 0. The van der Waals surface area contributed by atoms with Crippen LogP contribution in [0.25, 0.3) is 20.9 Å². The Kier molecular flexibility index (Phi) is 16.3. The molecule has 8 nitrogen and oxygen atoms in total. The molecule has 0 aliphatic heterocycles. The van der Waals surface area contributed by atoms with Gasteiger partial charge in [-0.05, 0) is 217 Å². The van der Waals surface area contributed by atoms with Crippen molar-refractivity contribution in [3.63, 3.8) is 0 Å². The van der Waals surface area contributed by atoms with Gasteiger partial charge in [-0.1, -0.05) is 131 Å². The van der Waals surface area contributed by atoms with Crippen LogP contribution in [-0.4, -0.2) is 38.5 Å². The van der Waals surface area contributed by atoms with Gasteiger partial charge in [0.05, 0.1) is 12.2 Å². The summed E-state index contributed by atoms with van der Waals surface area (Å²) in [5.74, 6) is 12.6. The summed E-state index contributed by atoms with van der Waals surface area (Å²) in [5.41, 5.74) is 19.5. The number of unbranched alkanes of at least 4 members (excludes halogenated alkanes) is 3. The fraction of sp³-hybridized carbons (Fsp3) is 1.00. The van der Waals surface area contributed by atoms with Crippen molar-refractivity contribution in [2.45, 2.75) is 223 Å². The molecule has 8 rings (SSSR count). The number of hydrogen-bond donors (Lipinski definition) is 0. The van der Waals surface area contributed by atoms with Crippen LogP contribution < -0.4 is 0 Å². The number of ether oxygens (including phenoxy) is 2. The maximum Gasteiger partial charge on any atom is 0.0611 e. The van der Waals surface area contributed by atoms with E-state index in [2.05, 4.69) is 89.3 Å². The van der Waals surface area contributed by atoms with E-state index in [1.807, 2.05) is 0 Å². The van der Waals surface area contributed by atoms with E-state index in [1.165, 1.54) is 128 Å². The van der Waals surface area contributed by atoms with Crippen LogP contribution in [0.1, 0.15) is 210 Å². The van der Waals surface area contributed by atoms with Gasteiger partial charge in [-0.2, -0.15) is 0 Å². The first-order valence-electron chi connectivity index (χ1n) is 28.9. The van der Waals surface area contributed by atoms with Crippen molar-refractivity contribution < 1.29 is 9.47 Å². The lowest BCUT2D eigenvalue weighted by molar-refractivity contribution is -0.198. The molecule has 0 aromatic carbocycles. The van der Waals surface area contributed by atoms with Crippen LogP contribution >= 0.6 is 0 Å². The van der Waals surface area contributed by atoms with Crippen LogP contribution in [0.3, 0.4) is 0 Å². The second-order valence-corrected chi connectivity index (χ2v) is 27.0. The first-order valence-corrected chi connectivity index (χ1v) is 28.9. The Balaban J connectivity index is 0.848. The van der Waals surface area contributed by atoms with Gasteiger partial charge in [0, 0.05) is 36.1 Å². The lowest BCUT2D eigenvalue weighted by atomic mass is 9.41. The van der Waals surface area contributed by atoms with E-state index in [1.54, 1.807) is 0 Å². The van der Waals surface area contributed by atoms with Gasteiger partial charge in [0.2, 0.25) is 0 Å². The lowest BCUT2D eigenvalue weighted by Crippen LogP contribution is -2.60. The van der Waals surface area contributed by atoms with Crippen molar-refractivity contribution in [3.8, 4) is 0 Å². The molecule has 8 heteroatoms. The summed E-state index contributed by atoms with van der Waals surface area (Å²) in [6, 6.07) is 0. The highest BCUT2D eigenvalue weighted by molar-refractivity contribution is 5.15. The van der Waals surface area contributed by atoms with Crippen LogP contribution in [-0.2, 0) is 9.47 Å². The molecule has 0 aromatic rings. The van der Waals surface area contributed by atoms with Crippen molar-refractivity contribution in [1.82, 2.24) is 0 Å². The van der Waals surface area contributed by atoms with Crippen molar-refractivity contribution in [1.29, 1.82) is 0 Å². The number of rotatable bonds is 19. The molecular weight excluding hydrogens is 813 g/mol. The first kappa shape index (κ1) is 50.9. The minimum atomic E-state index is 0.371. The van der Waals surface area contributed by atoms with E-state index in [4.69, 9.17) is 20.5 Å². The van der Waals surface area contributed by atoms with Gasteiger partial charge in [0.25, 0.3) is 0 Å². The molecule has 0 N–H and O–H groups in total. The third-order valence-electron chi connectivity index (χ3n) is 24.2. The zero-order chi connectivity index (χ0) is 47.0. The van der Waals surface area contributed by atoms with E-state index in [9.17, 15) is 0 Å². The van der Waals surface area contributed by atoms with Gasteiger partial charge in [0.1, 0.15) is 0 Å². The second-order valence-electron chi connectivity index (χ2n) is 27.0. The van der Waals surface area contributed by atoms with Gasteiger partial charge < -0.3 is 9.47 Å². The number of hydrogen-bond acceptors (Lipinski definition) is 4. The van der Waals surface area contributed by atoms with Gasteiger partial charge in [-0.3, -0.25) is 0 Å². The summed E-state index contributed by atoms with van der Waals surface area (Å²) in [7, 11) is 0. The van der Waals surface area contributed by atoms with Gasteiger partial charge in [0.15, 0.2) is 0 Å². The van der Waals surface area contributed by atoms with Crippen molar-refractivity contribution in [2.75, 3.05) is 26.3 Å². The Hall–Kier alpha value is -1.46. The Labute approximate surface area is 404 Å². The third kappa shape index (κ3) is 9.31. The molecule has 0 saturated heterocycles. The highest BCUT2D eigenvalue weighted by Gasteiger charge is 2.67. The van der Waals surface area contributed by atoms with E-state index in [-0.39, 0.29) is 0 Å². The zero-order valence-electron chi connectivity index (χ0n) is 44.3. The third-order valence-corrected chi connectivity index (χ3v) is 24.2. The Morgan fingerprint density at radius 1 is 0.515 bits per heavy atom. The highest BCUT2D eigenvalue weighted by atomic mass is 16.5. The molecule has 6 unspecified atom stereocenters. The largest absolute Gasteiger partial charge is 0.378 e. The van der Waals surface area contributed by atoms with Crippen LogP contribution in [0, 0.1) is 116 Å².